The summed E-state index contributed by atoms with van der Waals surface area (Å²) in [4.78, 5) is 29.0. The maximum absolute atomic E-state index is 12.4. The third kappa shape index (κ3) is 4.87. The number of rotatable bonds is 6. The molecule has 0 spiro atoms. The van der Waals surface area contributed by atoms with Gasteiger partial charge in [-0.2, -0.15) is 5.10 Å². The zero-order chi connectivity index (χ0) is 19.9. The standard InChI is InChI=1S/C20H24N8O/c29-20(22-8-4-7-17-5-2-1-3-6-17)27-11-9-26(10-12-27)18-13-19(24-15-23-18)28-16-21-14-25-28/h1-3,5-6,13-16H,4,7-12H2,(H,22,29). The molecule has 9 heteroatoms. The summed E-state index contributed by atoms with van der Waals surface area (Å²) in [7, 11) is 0. The minimum atomic E-state index is 0.00343. The van der Waals surface area contributed by atoms with Crippen LogP contribution in [0.5, 0.6) is 0 Å². The summed E-state index contributed by atoms with van der Waals surface area (Å²) < 4.78 is 1.60. The normalized spacial score (nSPS) is 14.1. The number of nitrogens with one attached hydrogen (secondary N) is 1. The van der Waals surface area contributed by atoms with Crippen molar-refractivity contribution in [2.45, 2.75) is 12.8 Å². The van der Waals surface area contributed by atoms with Gasteiger partial charge < -0.3 is 15.1 Å². The third-order valence-corrected chi connectivity index (χ3v) is 4.94. The van der Waals surface area contributed by atoms with Crippen molar-refractivity contribution in [3.05, 3.63) is 60.9 Å². The summed E-state index contributed by atoms with van der Waals surface area (Å²) >= 11 is 0. The average molecular weight is 392 g/mol. The lowest BCUT2D eigenvalue weighted by molar-refractivity contribution is 0.194. The Labute approximate surface area is 169 Å². The van der Waals surface area contributed by atoms with Crippen molar-refractivity contribution in [2.75, 3.05) is 37.6 Å². The number of anilines is 1. The number of carbonyl (C=O) groups excluding carboxylic acids is 1. The first-order chi connectivity index (χ1) is 14.3. The number of urea groups is 1. The number of hydrogen-bond donors (Lipinski definition) is 1. The van der Waals surface area contributed by atoms with Crippen LogP contribution in [0.1, 0.15) is 12.0 Å². The Kier molecular flexibility index (Phi) is 5.94. The largest absolute Gasteiger partial charge is 0.353 e. The fourth-order valence-corrected chi connectivity index (χ4v) is 3.34. The molecule has 0 unspecified atom stereocenters. The Bertz CT molecular complexity index is 907. The first kappa shape index (κ1) is 18.9. The topological polar surface area (TPSA) is 92.1 Å². The van der Waals surface area contributed by atoms with Crippen LogP contribution in [0.15, 0.2) is 55.4 Å². The molecule has 0 bridgehead atoms. The molecule has 150 valence electrons. The van der Waals surface area contributed by atoms with Crippen LogP contribution in [0.25, 0.3) is 5.82 Å². The zero-order valence-corrected chi connectivity index (χ0v) is 16.2. The molecule has 1 aliphatic heterocycles. The molecule has 0 saturated carbocycles. The van der Waals surface area contributed by atoms with Crippen molar-refractivity contribution in [2.24, 2.45) is 0 Å². The van der Waals surface area contributed by atoms with Gasteiger partial charge in [0.25, 0.3) is 0 Å². The van der Waals surface area contributed by atoms with E-state index in [0.717, 1.165) is 31.7 Å². The van der Waals surface area contributed by atoms with E-state index in [9.17, 15) is 4.79 Å². The van der Waals surface area contributed by atoms with Crippen LogP contribution in [0.3, 0.4) is 0 Å². The molecule has 1 saturated heterocycles. The molecule has 2 aromatic heterocycles. The van der Waals surface area contributed by atoms with E-state index < -0.39 is 0 Å². The summed E-state index contributed by atoms with van der Waals surface area (Å²) in [5.41, 5.74) is 1.30. The second kappa shape index (κ2) is 9.13. The highest BCUT2D eigenvalue weighted by Gasteiger charge is 2.22. The summed E-state index contributed by atoms with van der Waals surface area (Å²) in [5, 5.41) is 7.13. The van der Waals surface area contributed by atoms with Gasteiger partial charge in [0.15, 0.2) is 5.82 Å². The SMILES string of the molecule is O=C(NCCCc1ccccc1)N1CCN(c2cc(-n3cncn3)ncn2)CC1. The molecular formula is C20H24N8O. The number of aromatic nitrogens is 5. The summed E-state index contributed by atoms with van der Waals surface area (Å²) in [6.45, 7) is 3.46. The van der Waals surface area contributed by atoms with Gasteiger partial charge in [0, 0.05) is 38.8 Å². The quantitative estimate of drug-likeness (QED) is 0.640. The molecule has 4 rings (SSSR count). The average Bonchev–Trinajstić information content (AvgIpc) is 3.33. The molecule has 1 aromatic carbocycles. The van der Waals surface area contributed by atoms with Crippen LogP contribution in [-0.4, -0.2) is 68.4 Å². The summed E-state index contributed by atoms with van der Waals surface area (Å²) in [6.07, 6.45) is 6.50. The lowest BCUT2D eigenvalue weighted by Crippen LogP contribution is -2.52. The van der Waals surface area contributed by atoms with E-state index in [1.807, 2.05) is 29.2 Å². The van der Waals surface area contributed by atoms with Crippen LogP contribution in [0.2, 0.25) is 0 Å². The molecule has 0 aliphatic carbocycles. The highest BCUT2D eigenvalue weighted by molar-refractivity contribution is 5.74. The van der Waals surface area contributed by atoms with Crippen molar-refractivity contribution in [1.29, 1.82) is 0 Å². The minimum Gasteiger partial charge on any atom is -0.353 e. The summed E-state index contributed by atoms with van der Waals surface area (Å²) in [5.74, 6) is 1.50. The van der Waals surface area contributed by atoms with Crippen LogP contribution in [0, 0.1) is 0 Å². The number of aryl methyl sites for hydroxylation is 1. The van der Waals surface area contributed by atoms with E-state index in [0.29, 0.717) is 25.5 Å². The Balaban J connectivity index is 1.23. The van der Waals surface area contributed by atoms with Gasteiger partial charge >= 0.3 is 6.03 Å². The van der Waals surface area contributed by atoms with Gasteiger partial charge in [-0.1, -0.05) is 30.3 Å². The van der Waals surface area contributed by atoms with Gasteiger partial charge in [0.05, 0.1) is 0 Å². The predicted octanol–water partition coefficient (Wildman–Crippen LogP) is 1.52. The first-order valence-electron chi connectivity index (χ1n) is 9.78. The van der Waals surface area contributed by atoms with Crippen LogP contribution in [0.4, 0.5) is 10.6 Å². The number of piperazine rings is 1. The number of benzene rings is 1. The minimum absolute atomic E-state index is 0.00343. The molecular weight excluding hydrogens is 368 g/mol. The first-order valence-corrected chi connectivity index (χ1v) is 9.78. The number of hydrogen-bond acceptors (Lipinski definition) is 6. The Morgan fingerprint density at radius 3 is 2.55 bits per heavy atom. The number of carbonyl (C=O) groups is 1. The maximum atomic E-state index is 12.4. The second-order valence-corrected chi connectivity index (χ2v) is 6.87. The lowest BCUT2D eigenvalue weighted by atomic mass is 10.1. The maximum Gasteiger partial charge on any atom is 0.317 e. The molecule has 1 aliphatic rings. The number of amides is 2. The van der Waals surface area contributed by atoms with Crippen LogP contribution >= 0.6 is 0 Å². The zero-order valence-electron chi connectivity index (χ0n) is 16.2. The number of nitrogens with zero attached hydrogens (tertiary/aromatic N) is 7. The molecule has 0 atom stereocenters. The van der Waals surface area contributed by atoms with E-state index in [1.54, 1.807) is 11.0 Å². The molecule has 1 fully saturated rings. The van der Waals surface area contributed by atoms with Crippen molar-refractivity contribution in [3.63, 3.8) is 0 Å². The van der Waals surface area contributed by atoms with Gasteiger partial charge in [-0.05, 0) is 18.4 Å². The van der Waals surface area contributed by atoms with E-state index in [-0.39, 0.29) is 6.03 Å². The van der Waals surface area contributed by atoms with Gasteiger partial charge in [-0.3, -0.25) is 0 Å². The highest BCUT2D eigenvalue weighted by Crippen LogP contribution is 2.15. The van der Waals surface area contributed by atoms with Crippen LogP contribution in [-0.2, 0) is 6.42 Å². The van der Waals surface area contributed by atoms with Crippen molar-refractivity contribution in [1.82, 2.24) is 34.9 Å². The Hall–Kier alpha value is -3.49. The molecule has 0 radical (unpaired) electrons. The molecule has 9 nitrogen and oxygen atoms in total. The van der Waals surface area contributed by atoms with Gasteiger partial charge in [0.1, 0.15) is 24.8 Å². The second-order valence-electron chi connectivity index (χ2n) is 6.87. The predicted molar refractivity (Wildman–Crippen MR) is 109 cm³/mol. The van der Waals surface area contributed by atoms with Crippen LogP contribution < -0.4 is 10.2 Å². The molecule has 29 heavy (non-hydrogen) atoms. The van der Waals surface area contributed by atoms with Crippen molar-refractivity contribution in [3.8, 4) is 5.82 Å². The van der Waals surface area contributed by atoms with E-state index in [4.69, 9.17) is 0 Å². The van der Waals surface area contributed by atoms with E-state index in [2.05, 4.69) is 42.4 Å². The van der Waals surface area contributed by atoms with Gasteiger partial charge in [0.2, 0.25) is 0 Å². The van der Waals surface area contributed by atoms with E-state index >= 15 is 0 Å². The van der Waals surface area contributed by atoms with Gasteiger partial charge in [-0.15, -0.1) is 0 Å². The summed E-state index contributed by atoms with van der Waals surface area (Å²) in [6, 6.07) is 12.2. The van der Waals surface area contributed by atoms with Crippen molar-refractivity contribution < 1.29 is 4.79 Å². The van der Waals surface area contributed by atoms with Crippen molar-refractivity contribution >= 4 is 11.8 Å². The molecule has 3 aromatic rings. The fourth-order valence-electron chi connectivity index (χ4n) is 3.34. The van der Waals surface area contributed by atoms with E-state index in [1.165, 1.54) is 18.2 Å². The Morgan fingerprint density at radius 2 is 1.79 bits per heavy atom. The lowest BCUT2D eigenvalue weighted by Gasteiger charge is -2.35. The highest BCUT2D eigenvalue weighted by atomic mass is 16.2. The smallest absolute Gasteiger partial charge is 0.317 e. The molecule has 2 amide bonds. The Morgan fingerprint density at radius 1 is 1.00 bits per heavy atom. The monoisotopic (exact) mass is 392 g/mol. The fraction of sp³-hybridized carbons (Fsp3) is 0.350. The molecule has 3 heterocycles. The third-order valence-electron chi connectivity index (χ3n) is 4.94. The van der Waals surface area contributed by atoms with Gasteiger partial charge in [-0.25, -0.2) is 24.4 Å². The molecule has 1 N–H and O–H groups in total.